The maximum Gasteiger partial charge on any atom is 0.414 e. The summed E-state index contributed by atoms with van der Waals surface area (Å²) in [4.78, 5) is 40.8. The Morgan fingerprint density at radius 3 is 2.27 bits per heavy atom. The fourth-order valence-corrected chi connectivity index (χ4v) is 7.83. The number of carbonyl (C=O) groups excluding carboxylic acids is 2. The number of nitrogens with one attached hydrogen (secondary N) is 2. The first-order valence-electron chi connectivity index (χ1n) is 17.1. The lowest BCUT2D eigenvalue weighted by atomic mass is 9.89. The van der Waals surface area contributed by atoms with Gasteiger partial charge in [0.15, 0.2) is 5.82 Å². The lowest BCUT2D eigenvalue weighted by Gasteiger charge is -2.33. The van der Waals surface area contributed by atoms with Crippen molar-refractivity contribution in [3.05, 3.63) is 66.1 Å². The fraction of sp³-hybridized carbons (Fsp3) is 0.432. The van der Waals surface area contributed by atoms with Gasteiger partial charge in [-0.3, -0.25) is 10.0 Å². The van der Waals surface area contributed by atoms with Crippen LogP contribution in [-0.2, 0) is 19.5 Å². The Morgan fingerprint density at radius 2 is 1.63 bits per heavy atom. The van der Waals surface area contributed by atoms with Gasteiger partial charge in [0.1, 0.15) is 16.2 Å². The van der Waals surface area contributed by atoms with Gasteiger partial charge in [-0.25, -0.2) is 37.3 Å². The number of amides is 2. The van der Waals surface area contributed by atoms with Gasteiger partial charge in [-0.1, -0.05) is 37.3 Å². The van der Waals surface area contributed by atoms with Gasteiger partial charge >= 0.3 is 12.2 Å². The molecule has 1 saturated heterocycles. The van der Waals surface area contributed by atoms with Crippen molar-refractivity contribution in [2.24, 2.45) is 0 Å². The number of anilines is 2. The molecule has 1 aliphatic rings. The number of hydrogen-bond acceptors (Lipinski definition) is 10. The van der Waals surface area contributed by atoms with Crippen molar-refractivity contribution in [1.82, 2.24) is 19.9 Å². The van der Waals surface area contributed by atoms with Crippen LogP contribution in [0.5, 0.6) is 0 Å². The van der Waals surface area contributed by atoms with Gasteiger partial charge in [0.2, 0.25) is 16.0 Å². The van der Waals surface area contributed by atoms with Gasteiger partial charge < -0.3 is 14.4 Å². The summed E-state index contributed by atoms with van der Waals surface area (Å²) in [6, 6.07) is 14.1. The van der Waals surface area contributed by atoms with E-state index in [1.807, 2.05) is 45.0 Å². The Morgan fingerprint density at radius 1 is 0.962 bits per heavy atom. The molecular formula is C37H45FN6O6S2. The molecule has 2 aromatic heterocycles. The number of nitrogens with zero attached hydrogens (tertiary/aromatic N) is 4. The number of sulfonamides is 1. The number of halogens is 1. The fourth-order valence-electron chi connectivity index (χ4n) is 5.64. The number of piperidine rings is 1. The zero-order valence-electron chi connectivity index (χ0n) is 30.4. The summed E-state index contributed by atoms with van der Waals surface area (Å²) in [5.41, 5.74) is 1.12. The van der Waals surface area contributed by atoms with E-state index in [2.05, 4.69) is 20.0 Å². The summed E-state index contributed by atoms with van der Waals surface area (Å²) >= 11 is 1.27. The van der Waals surface area contributed by atoms with Crippen molar-refractivity contribution in [1.29, 1.82) is 0 Å². The number of likely N-dealkylation sites (tertiary alicyclic amines) is 1. The molecule has 52 heavy (non-hydrogen) atoms. The number of carbonyl (C=O) groups is 2. The van der Waals surface area contributed by atoms with Crippen LogP contribution in [0.1, 0.15) is 79.2 Å². The van der Waals surface area contributed by atoms with E-state index >= 15 is 4.39 Å². The van der Waals surface area contributed by atoms with Crippen LogP contribution in [0.15, 0.2) is 54.7 Å². The van der Waals surface area contributed by atoms with Crippen LogP contribution in [0.4, 0.5) is 25.6 Å². The third-order valence-corrected chi connectivity index (χ3v) is 10.5. The molecule has 0 atom stereocenters. The molecule has 0 radical (unpaired) electrons. The van der Waals surface area contributed by atoms with Crippen molar-refractivity contribution in [2.75, 3.05) is 28.9 Å². The summed E-state index contributed by atoms with van der Waals surface area (Å²) in [5, 5.41) is 3.12. The van der Waals surface area contributed by atoms with Gasteiger partial charge in [0.05, 0.1) is 27.7 Å². The quantitative estimate of drug-likeness (QED) is 0.171. The van der Waals surface area contributed by atoms with E-state index in [4.69, 9.17) is 14.5 Å². The molecule has 0 bridgehead atoms. The van der Waals surface area contributed by atoms with Crippen molar-refractivity contribution >= 4 is 45.2 Å². The van der Waals surface area contributed by atoms with Crippen LogP contribution in [0.2, 0.25) is 0 Å². The summed E-state index contributed by atoms with van der Waals surface area (Å²) in [6.45, 7) is 13.7. The standard InChI is InChI=1S/C37H45FN6O6S2/c1-8-22-52(47,48)43-27-11-9-10-26(29(27)38)30-31(28-16-19-39-33(40-28)42-34(45)49-36(2,3)4)51-32(41-30)25-14-12-23(13-15-25)24-17-20-44(21-18-24)35(46)50-37(5,6)7/h9-16,19,24,43H,8,17-18,20-22H2,1-7H3,(H,39,40,42,45). The van der Waals surface area contributed by atoms with Crippen molar-refractivity contribution in [2.45, 2.75) is 84.8 Å². The van der Waals surface area contributed by atoms with Crippen LogP contribution < -0.4 is 10.0 Å². The van der Waals surface area contributed by atoms with E-state index < -0.39 is 33.1 Å². The number of thiazole rings is 1. The maximum absolute atomic E-state index is 16.2. The first-order valence-corrected chi connectivity index (χ1v) is 19.6. The minimum absolute atomic E-state index is 0.0173. The molecule has 12 nitrogen and oxygen atoms in total. The van der Waals surface area contributed by atoms with E-state index in [-0.39, 0.29) is 40.7 Å². The highest BCUT2D eigenvalue weighted by molar-refractivity contribution is 7.92. The van der Waals surface area contributed by atoms with Crippen LogP contribution in [0, 0.1) is 5.82 Å². The predicted octanol–water partition coefficient (Wildman–Crippen LogP) is 8.69. The van der Waals surface area contributed by atoms with Crippen LogP contribution in [0.25, 0.3) is 32.4 Å². The van der Waals surface area contributed by atoms with Crippen molar-refractivity contribution in [3.63, 3.8) is 0 Å². The Labute approximate surface area is 308 Å². The first-order chi connectivity index (χ1) is 24.4. The zero-order valence-corrected chi connectivity index (χ0v) is 32.1. The molecule has 278 valence electrons. The van der Waals surface area contributed by atoms with Crippen LogP contribution in [-0.4, -0.2) is 70.5 Å². The molecule has 2 aromatic carbocycles. The molecule has 0 saturated carbocycles. The van der Waals surface area contributed by atoms with E-state index in [9.17, 15) is 18.0 Å². The third kappa shape index (κ3) is 10.0. The molecule has 15 heteroatoms. The Balaban J connectivity index is 1.47. The van der Waals surface area contributed by atoms with E-state index in [1.165, 1.54) is 29.7 Å². The minimum Gasteiger partial charge on any atom is -0.444 e. The molecule has 1 fully saturated rings. The number of aromatic nitrogens is 3. The topological polar surface area (TPSA) is 153 Å². The summed E-state index contributed by atoms with van der Waals surface area (Å²) in [6.07, 6.45) is 2.40. The molecule has 0 unspecified atom stereocenters. The van der Waals surface area contributed by atoms with Gasteiger partial charge in [0, 0.05) is 30.4 Å². The lowest BCUT2D eigenvalue weighted by Crippen LogP contribution is -2.41. The van der Waals surface area contributed by atoms with Gasteiger partial charge in [-0.15, -0.1) is 11.3 Å². The third-order valence-electron chi connectivity index (χ3n) is 7.90. The second-order valence-electron chi connectivity index (χ2n) is 14.5. The van der Waals surface area contributed by atoms with E-state index in [1.54, 1.807) is 44.7 Å². The largest absolute Gasteiger partial charge is 0.444 e. The summed E-state index contributed by atoms with van der Waals surface area (Å²) in [5.74, 6) is -0.693. The molecule has 3 heterocycles. The average Bonchev–Trinajstić information content (AvgIpc) is 3.50. The highest BCUT2D eigenvalue weighted by Crippen LogP contribution is 2.42. The molecule has 0 spiro atoms. The highest BCUT2D eigenvalue weighted by Gasteiger charge is 2.28. The van der Waals surface area contributed by atoms with E-state index in [0.29, 0.717) is 35.1 Å². The minimum atomic E-state index is -3.77. The summed E-state index contributed by atoms with van der Waals surface area (Å²) in [7, 11) is -3.77. The smallest absolute Gasteiger partial charge is 0.414 e. The lowest BCUT2D eigenvalue weighted by molar-refractivity contribution is 0.0204. The zero-order chi connectivity index (χ0) is 37.8. The van der Waals surface area contributed by atoms with Crippen LogP contribution in [0.3, 0.4) is 0 Å². The summed E-state index contributed by atoms with van der Waals surface area (Å²) < 4.78 is 54.5. The van der Waals surface area contributed by atoms with Crippen molar-refractivity contribution in [3.8, 4) is 32.4 Å². The van der Waals surface area contributed by atoms with Crippen molar-refractivity contribution < 1.29 is 31.9 Å². The second kappa shape index (κ2) is 15.5. The number of benzene rings is 2. The monoisotopic (exact) mass is 752 g/mol. The Hall–Kier alpha value is -4.63. The maximum atomic E-state index is 16.2. The molecule has 2 amide bonds. The molecule has 5 rings (SSSR count). The molecule has 2 N–H and O–H groups in total. The highest BCUT2D eigenvalue weighted by atomic mass is 32.2. The normalized spacial score (nSPS) is 14.2. The van der Waals surface area contributed by atoms with Gasteiger partial charge in [-0.2, -0.15) is 0 Å². The molecule has 1 aliphatic heterocycles. The molecule has 0 aliphatic carbocycles. The second-order valence-corrected chi connectivity index (χ2v) is 17.4. The molecular weight excluding hydrogens is 708 g/mol. The molecule has 4 aromatic rings. The average molecular weight is 753 g/mol. The number of rotatable bonds is 9. The first kappa shape index (κ1) is 38.6. The van der Waals surface area contributed by atoms with Crippen LogP contribution >= 0.6 is 11.3 Å². The Bertz CT molecular complexity index is 2020. The van der Waals surface area contributed by atoms with E-state index in [0.717, 1.165) is 24.0 Å². The van der Waals surface area contributed by atoms with Gasteiger partial charge in [-0.05, 0) is 90.5 Å². The van der Waals surface area contributed by atoms with Gasteiger partial charge in [0.25, 0.3) is 0 Å². The Kier molecular flexibility index (Phi) is 11.5. The number of hydrogen-bond donors (Lipinski definition) is 2. The SMILES string of the molecule is CCCS(=O)(=O)Nc1cccc(-c2nc(-c3ccc(C4CCN(C(=O)OC(C)(C)C)CC4)cc3)sc2-c2ccnc(NC(=O)OC(C)(C)C)n2)c1F. The number of ether oxygens (including phenoxy) is 2. The predicted molar refractivity (Wildman–Crippen MR) is 201 cm³/mol.